The summed E-state index contributed by atoms with van der Waals surface area (Å²) in [4.78, 5) is 11.6. The predicted molar refractivity (Wildman–Crippen MR) is 70.5 cm³/mol. The molecule has 2 aromatic rings. The molecule has 3 rings (SSSR count). The first-order valence-corrected chi connectivity index (χ1v) is 6.43. The number of hydrogen-bond donors (Lipinski definition) is 3. The number of hydrogen-bond acceptors (Lipinski definition) is 4. The molecule has 0 spiro atoms. The Bertz CT molecular complexity index is 557. The van der Waals surface area contributed by atoms with Crippen molar-refractivity contribution >= 4 is 16.9 Å². The molecule has 0 atom stereocenters. The van der Waals surface area contributed by atoms with Gasteiger partial charge in [-0.15, -0.1) is 0 Å². The van der Waals surface area contributed by atoms with Gasteiger partial charge in [-0.3, -0.25) is 0 Å². The monoisotopic (exact) mass is 246 g/mol. The molecule has 0 radical (unpaired) electrons. The summed E-state index contributed by atoms with van der Waals surface area (Å²) >= 11 is 0. The molecule has 1 saturated carbocycles. The van der Waals surface area contributed by atoms with Gasteiger partial charge in [-0.25, -0.2) is 9.97 Å². The fourth-order valence-electron chi connectivity index (χ4n) is 2.71. The molecule has 0 unspecified atom stereocenters. The van der Waals surface area contributed by atoms with Crippen LogP contribution < -0.4 is 5.32 Å². The lowest BCUT2D eigenvalue weighted by Crippen LogP contribution is -2.33. The number of fused-ring (bicyclic) bond motifs is 1. The summed E-state index contributed by atoms with van der Waals surface area (Å²) in [7, 11) is 0. The molecule has 0 aromatic carbocycles. The topological polar surface area (TPSA) is 73.8 Å². The maximum atomic E-state index is 10.3. The molecule has 96 valence electrons. The fraction of sp³-hybridized carbons (Fsp3) is 0.538. The van der Waals surface area contributed by atoms with E-state index in [0.29, 0.717) is 6.54 Å². The van der Waals surface area contributed by atoms with Gasteiger partial charge in [-0.2, -0.15) is 0 Å². The molecule has 18 heavy (non-hydrogen) atoms. The molecule has 0 amide bonds. The highest BCUT2D eigenvalue weighted by atomic mass is 16.3. The second-order valence-electron chi connectivity index (χ2n) is 5.20. The van der Waals surface area contributed by atoms with Crippen molar-refractivity contribution in [1.82, 2.24) is 15.0 Å². The molecule has 0 bridgehead atoms. The summed E-state index contributed by atoms with van der Waals surface area (Å²) in [6.07, 6.45) is 7.44. The minimum Gasteiger partial charge on any atom is -0.388 e. The van der Waals surface area contributed by atoms with Gasteiger partial charge in [0, 0.05) is 12.7 Å². The number of aliphatic hydroxyl groups is 1. The third kappa shape index (κ3) is 1.95. The van der Waals surface area contributed by atoms with E-state index in [-0.39, 0.29) is 0 Å². The van der Waals surface area contributed by atoms with E-state index in [1.54, 1.807) is 6.33 Å². The Kier molecular flexibility index (Phi) is 2.70. The van der Waals surface area contributed by atoms with Crippen LogP contribution in [-0.2, 0) is 0 Å². The van der Waals surface area contributed by atoms with Crippen LogP contribution in [0.1, 0.15) is 31.2 Å². The van der Waals surface area contributed by atoms with Crippen molar-refractivity contribution in [2.75, 3.05) is 11.9 Å². The number of H-pyrrole nitrogens is 1. The molecule has 3 N–H and O–H groups in total. The second-order valence-corrected chi connectivity index (χ2v) is 5.20. The highest BCUT2D eigenvalue weighted by Crippen LogP contribution is 2.30. The molecule has 5 heteroatoms. The van der Waals surface area contributed by atoms with Crippen LogP contribution in [0.3, 0.4) is 0 Å². The van der Waals surface area contributed by atoms with Gasteiger partial charge >= 0.3 is 0 Å². The fourth-order valence-corrected chi connectivity index (χ4v) is 2.71. The molecule has 1 aliphatic carbocycles. The Hall–Kier alpha value is -1.62. The number of rotatable bonds is 3. The molecule has 5 nitrogen and oxygen atoms in total. The normalized spacial score (nSPS) is 18.3. The van der Waals surface area contributed by atoms with Crippen LogP contribution in [0.4, 0.5) is 5.82 Å². The van der Waals surface area contributed by atoms with Crippen LogP contribution in [0.2, 0.25) is 0 Å². The van der Waals surface area contributed by atoms with E-state index in [2.05, 4.69) is 20.3 Å². The highest BCUT2D eigenvalue weighted by Gasteiger charge is 2.31. The highest BCUT2D eigenvalue weighted by molar-refractivity contribution is 5.90. The summed E-state index contributed by atoms with van der Waals surface area (Å²) in [5.74, 6) is 0.805. The van der Waals surface area contributed by atoms with E-state index in [1.807, 2.05) is 13.1 Å². The van der Waals surface area contributed by atoms with E-state index in [4.69, 9.17) is 0 Å². The first kappa shape index (κ1) is 11.5. The Morgan fingerprint density at radius 2 is 2.17 bits per heavy atom. The predicted octanol–water partition coefficient (Wildman–Crippen LogP) is 1.98. The van der Waals surface area contributed by atoms with Crippen LogP contribution in [0.5, 0.6) is 0 Å². The van der Waals surface area contributed by atoms with E-state index >= 15 is 0 Å². The second kappa shape index (κ2) is 4.24. The number of aromatic nitrogens is 3. The third-order valence-electron chi connectivity index (χ3n) is 3.79. The van der Waals surface area contributed by atoms with Gasteiger partial charge in [0.1, 0.15) is 17.8 Å². The Morgan fingerprint density at radius 1 is 1.39 bits per heavy atom. The zero-order valence-corrected chi connectivity index (χ0v) is 10.5. The van der Waals surface area contributed by atoms with Crippen LogP contribution >= 0.6 is 0 Å². The smallest absolute Gasteiger partial charge is 0.143 e. The summed E-state index contributed by atoms with van der Waals surface area (Å²) in [6.45, 7) is 2.58. The van der Waals surface area contributed by atoms with Crippen LogP contribution in [0, 0.1) is 6.92 Å². The molecule has 1 aliphatic rings. The molecule has 0 aliphatic heterocycles. The summed E-state index contributed by atoms with van der Waals surface area (Å²) in [6, 6.07) is 0. The number of nitrogens with zero attached hydrogens (tertiary/aromatic N) is 2. The number of nitrogens with one attached hydrogen (secondary N) is 2. The number of aryl methyl sites for hydroxylation is 1. The zero-order chi connectivity index (χ0) is 12.6. The number of anilines is 1. The minimum atomic E-state index is -0.568. The van der Waals surface area contributed by atoms with Gasteiger partial charge in [0.15, 0.2) is 0 Å². The summed E-state index contributed by atoms with van der Waals surface area (Å²) in [5, 5.41) is 14.6. The third-order valence-corrected chi connectivity index (χ3v) is 3.79. The minimum absolute atomic E-state index is 0.559. The van der Waals surface area contributed by atoms with Crippen LogP contribution in [0.25, 0.3) is 11.0 Å². The average molecular weight is 246 g/mol. The SMILES string of the molecule is Cc1c[nH]c2ncnc(NCC3(O)CCCC3)c12. The van der Waals surface area contributed by atoms with Crippen molar-refractivity contribution in [1.29, 1.82) is 0 Å². The number of aromatic amines is 1. The molecule has 1 fully saturated rings. The van der Waals surface area contributed by atoms with E-state index in [0.717, 1.165) is 48.1 Å². The molecular weight excluding hydrogens is 228 g/mol. The van der Waals surface area contributed by atoms with Gasteiger partial charge in [0.2, 0.25) is 0 Å². The van der Waals surface area contributed by atoms with E-state index < -0.39 is 5.60 Å². The van der Waals surface area contributed by atoms with Crippen LogP contribution in [-0.4, -0.2) is 32.2 Å². The van der Waals surface area contributed by atoms with E-state index in [9.17, 15) is 5.11 Å². The largest absolute Gasteiger partial charge is 0.388 e. The molecule has 2 heterocycles. The lowest BCUT2D eigenvalue weighted by Gasteiger charge is -2.22. The Balaban J connectivity index is 1.84. The maximum absolute atomic E-state index is 10.3. The standard InChI is InChI=1S/C13H18N4O/c1-9-6-14-11-10(9)12(17-8-16-11)15-7-13(18)4-2-3-5-13/h6,8,18H,2-5,7H2,1H3,(H2,14,15,16,17). The van der Waals surface area contributed by atoms with Gasteiger partial charge in [-0.05, 0) is 25.3 Å². The van der Waals surface area contributed by atoms with Crippen LogP contribution in [0.15, 0.2) is 12.5 Å². The van der Waals surface area contributed by atoms with Crippen molar-refractivity contribution in [3.63, 3.8) is 0 Å². The van der Waals surface area contributed by atoms with Crippen molar-refractivity contribution in [2.45, 2.75) is 38.2 Å². The van der Waals surface area contributed by atoms with E-state index in [1.165, 1.54) is 0 Å². The Labute approximate surface area is 106 Å². The summed E-state index contributed by atoms with van der Waals surface area (Å²) < 4.78 is 0. The molecule has 0 saturated heterocycles. The van der Waals surface area contributed by atoms with Gasteiger partial charge in [0.05, 0.1) is 11.0 Å². The molecular formula is C13H18N4O. The average Bonchev–Trinajstić information content (AvgIpc) is 2.95. The first-order chi connectivity index (χ1) is 8.68. The van der Waals surface area contributed by atoms with Gasteiger partial charge in [0.25, 0.3) is 0 Å². The lowest BCUT2D eigenvalue weighted by molar-refractivity contribution is 0.0614. The maximum Gasteiger partial charge on any atom is 0.143 e. The van der Waals surface area contributed by atoms with Gasteiger partial charge < -0.3 is 15.4 Å². The van der Waals surface area contributed by atoms with Crippen molar-refractivity contribution < 1.29 is 5.11 Å². The van der Waals surface area contributed by atoms with Gasteiger partial charge in [-0.1, -0.05) is 12.8 Å². The lowest BCUT2D eigenvalue weighted by atomic mass is 10.0. The first-order valence-electron chi connectivity index (χ1n) is 6.43. The van der Waals surface area contributed by atoms with Crippen molar-refractivity contribution in [3.8, 4) is 0 Å². The molecule has 2 aromatic heterocycles. The Morgan fingerprint density at radius 3 is 2.94 bits per heavy atom. The summed E-state index contributed by atoms with van der Waals surface area (Å²) in [5.41, 5.74) is 1.39. The van der Waals surface area contributed by atoms with Crippen molar-refractivity contribution in [2.24, 2.45) is 0 Å². The zero-order valence-electron chi connectivity index (χ0n) is 10.5. The quantitative estimate of drug-likeness (QED) is 0.774. The van der Waals surface area contributed by atoms with Crippen molar-refractivity contribution in [3.05, 3.63) is 18.1 Å².